The van der Waals surface area contributed by atoms with Crippen molar-refractivity contribution < 1.29 is 22.3 Å². The van der Waals surface area contributed by atoms with Gasteiger partial charge in [-0.3, -0.25) is 0 Å². The molecule has 1 unspecified atom stereocenters. The molecule has 1 aliphatic rings. The molecule has 0 saturated carbocycles. The Morgan fingerprint density at radius 3 is 2.56 bits per heavy atom. The Balaban J connectivity index is 1.81. The van der Waals surface area contributed by atoms with E-state index in [1.165, 1.54) is 18.5 Å². The third kappa shape index (κ3) is 6.04. The summed E-state index contributed by atoms with van der Waals surface area (Å²) in [4.78, 5) is 9.95. The SMILES string of the molecule is CSCCC(C)(C)CNc1ncnc(N2CCOCC2c2ccc(C(F)(F)F)cc2)c1F. The summed E-state index contributed by atoms with van der Waals surface area (Å²) in [5.41, 5.74) is -0.167. The quantitative estimate of drug-likeness (QED) is 0.519. The molecule has 0 aliphatic carbocycles. The number of hydrogen-bond acceptors (Lipinski definition) is 6. The van der Waals surface area contributed by atoms with Crippen LogP contribution < -0.4 is 10.2 Å². The maximum absolute atomic E-state index is 15.4. The number of anilines is 2. The lowest BCUT2D eigenvalue weighted by Gasteiger charge is -2.37. The Hall–Kier alpha value is -2.07. The molecule has 1 fully saturated rings. The molecule has 0 spiro atoms. The number of ether oxygens (including phenoxy) is 1. The first-order valence-corrected chi connectivity index (χ1v) is 11.8. The van der Waals surface area contributed by atoms with Gasteiger partial charge in [0.2, 0.25) is 5.82 Å². The molecular weight excluding hydrogens is 444 g/mol. The molecule has 2 aromatic rings. The van der Waals surface area contributed by atoms with Crippen molar-refractivity contribution >= 4 is 23.4 Å². The van der Waals surface area contributed by atoms with Gasteiger partial charge in [0.1, 0.15) is 6.33 Å². The van der Waals surface area contributed by atoms with Crippen molar-refractivity contribution in [2.24, 2.45) is 5.41 Å². The third-order valence-electron chi connectivity index (χ3n) is 5.51. The first-order valence-electron chi connectivity index (χ1n) is 10.4. The van der Waals surface area contributed by atoms with Crippen LogP contribution in [0.25, 0.3) is 0 Å². The highest BCUT2D eigenvalue weighted by Crippen LogP contribution is 2.34. The molecule has 1 N–H and O–H groups in total. The van der Waals surface area contributed by atoms with Crippen LogP contribution in [0, 0.1) is 11.2 Å². The predicted molar refractivity (Wildman–Crippen MR) is 120 cm³/mol. The minimum absolute atomic E-state index is 0.0394. The Morgan fingerprint density at radius 2 is 1.91 bits per heavy atom. The van der Waals surface area contributed by atoms with Crippen molar-refractivity contribution in [3.05, 3.63) is 47.5 Å². The van der Waals surface area contributed by atoms with E-state index < -0.39 is 23.6 Å². The summed E-state index contributed by atoms with van der Waals surface area (Å²) in [7, 11) is 0. The van der Waals surface area contributed by atoms with E-state index in [4.69, 9.17) is 4.74 Å². The highest BCUT2D eigenvalue weighted by molar-refractivity contribution is 7.98. The maximum atomic E-state index is 15.4. The average Bonchev–Trinajstić information content (AvgIpc) is 2.77. The minimum atomic E-state index is -4.41. The number of hydrogen-bond donors (Lipinski definition) is 1. The number of halogens is 4. The lowest BCUT2D eigenvalue weighted by Crippen LogP contribution is -2.40. The van der Waals surface area contributed by atoms with Crippen LogP contribution in [0.1, 0.15) is 37.4 Å². The summed E-state index contributed by atoms with van der Waals surface area (Å²) in [5.74, 6) is 0.656. The Bertz CT molecular complexity index is 892. The zero-order valence-corrected chi connectivity index (χ0v) is 19.2. The van der Waals surface area contributed by atoms with E-state index in [1.54, 1.807) is 16.7 Å². The molecule has 32 heavy (non-hydrogen) atoms. The predicted octanol–water partition coefficient (Wildman–Crippen LogP) is 5.40. The highest BCUT2D eigenvalue weighted by Gasteiger charge is 2.32. The van der Waals surface area contributed by atoms with Gasteiger partial charge >= 0.3 is 6.18 Å². The Kier molecular flexibility index (Phi) is 7.87. The van der Waals surface area contributed by atoms with Gasteiger partial charge in [-0.2, -0.15) is 29.3 Å². The minimum Gasteiger partial charge on any atom is -0.377 e. The van der Waals surface area contributed by atoms with E-state index >= 15 is 4.39 Å². The number of benzene rings is 1. The number of thioether (sulfide) groups is 1. The van der Waals surface area contributed by atoms with Crippen LogP contribution in [0.4, 0.5) is 29.2 Å². The van der Waals surface area contributed by atoms with Crippen molar-refractivity contribution in [2.45, 2.75) is 32.5 Å². The second-order valence-electron chi connectivity index (χ2n) is 8.52. The molecule has 0 bridgehead atoms. The van der Waals surface area contributed by atoms with Gasteiger partial charge < -0.3 is 15.0 Å². The van der Waals surface area contributed by atoms with E-state index in [0.717, 1.165) is 24.3 Å². The largest absolute Gasteiger partial charge is 0.416 e. The topological polar surface area (TPSA) is 50.3 Å². The standard InChI is InChI=1S/C22H28F4N4OS/c1-21(2,8-11-32-3)13-27-19-18(23)20(29-14-28-19)30-9-10-31-12-17(30)15-4-6-16(7-5-15)22(24,25)26/h4-7,14,17H,8-13H2,1-3H3,(H,27,28,29). The van der Waals surface area contributed by atoms with Crippen LogP contribution in [0.3, 0.4) is 0 Å². The van der Waals surface area contributed by atoms with Gasteiger partial charge in [-0.05, 0) is 41.5 Å². The summed E-state index contributed by atoms with van der Waals surface area (Å²) in [6.07, 6.45) is -0.0887. The summed E-state index contributed by atoms with van der Waals surface area (Å²) >= 11 is 1.77. The number of rotatable bonds is 8. The smallest absolute Gasteiger partial charge is 0.377 e. The van der Waals surface area contributed by atoms with Crippen molar-refractivity contribution in [1.29, 1.82) is 0 Å². The molecular formula is C22H28F4N4OS. The number of alkyl halides is 3. The van der Waals surface area contributed by atoms with Crippen LogP contribution in [-0.2, 0) is 10.9 Å². The van der Waals surface area contributed by atoms with E-state index in [0.29, 0.717) is 25.3 Å². The van der Waals surface area contributed by atoms with Crippen LogP contribution in [0.5, 0.6) is 0 Å². The van der Waals surface area contributed by atoms with E-state index in [-0.39, 0.29) is 23.7 Å². The van der Waals surface area contributed by atoms with Crippen molar-refractivity contribution in [3.8, 4) is 0 Å². The van der Waals surface area contributed by atoms with Gasteiger partial charge in [-0.15, -0.1) is 0 Å². The second kappa shape index (κ2) is 10.2. The highest BCUT2D eigenvalue weighted by atomic mass is 32.2. The number of morpholine rings is 1. The molecule has 3 rings (SSSR count). The molecule has 1 aromatic heterocycles. The molecule has 5 nitrogen and oxygen atoms in total. The number of nitrogens with zero attached hydrogens (tertiary/aromatic N) is 3. The number of nitrogens with one attached hydrogen (secondary N) is 1. The van der Waals surface area contributed by atoms with Gasteiger partial charge in [0.05, 0.1) is 24.8 Å². The maximum Gasteiger partial charge on any atom is 0.416 e. The molecule has 0 amide bonds. The fourth-order valence-corrected chi connectivity index (χ4v) is 4.26. The first-order chi connectivity index (χ1) is 15.1. The normalized spacial score (nSPS) is 17.5. The van der Waals surface area contributed by atoms with Crippen molar-refractivity contribution in [1.82, 2.24) is 9.97 Å². The van der Waals surface area contributed by atoms with Gasteiger partial charge in [0.25, 0.3) is 0 Å². The van der Waals surface area contributed by atoms with Crippen LogP contribution >= 0.6 is 11.8 Å². The van der Waals surface area contributed by atoms with E-state index in [9.17, 15) is 13.2 Å². The summed E-state index contributed by atoms with van der Waals surface area (Å²) < 4.78 is 59.7. The summed E-state index contributed by atoms with van der Waals surface area (Å²) in [6.45, 7) is 5.71. The third-order valence-corrected chi connectivity index (χ3v) is 6.12. The summed E-state index contributed by atoms with van der Waals surface area (Å²) in [6, 6.07) is 4.41. The lowest BCUT2D eigenvalue weighted by molar-refractivity contribution is -0.137. The molecule has 10 heteroatoms. The van der Waals surface area contributed by atoms with Crippen LogP contribution in [-0.4, -0.2) is 48.3 Å². The molecule has 1 atom stereocenters. The monoisotopic (exact) mass is 472 g/mol. The molecule has 2 heterocycles. The Labute approximate surface area is 190 Å². The fourth-order valence-electron chi connectivity index (χ4n) is 3.50. The van der Waals surface area contributed by atoms with Crippen molar-refractivity contribution in [3.63, 3.8) is 0 Å². The fraction of sp³-hybridized carbons (Fsp3) is 0.545. The molecule has 176 valence electrons. The van der Waals surface area contributed by atoms with Gasteiger partial charge in [-0.1, -0.05) is 26.0 Å². The average molecular weight is 473 g/mol. The van der Waals surface area contributed by atoms with Gasteiger partial charge in [0.15, 0.2) is 11.6 Å². The molecule has 1 saturated heterocycles. The van der Waals surface area contributed by atoms with E-state index in [2.05, 4.69) is 35.4 Å². The molecule has 1 aromatic carbocycles. The Morgan fingerprint density at radius 1 is 1.19 bits per heavy atom. The lowest BCUT2D eigenvalue weighted by atomic mass is 9.90. The molecule has 0 radical (unpaired) electrons. The summed E-state index contributed by atoms with van der Waals surface area (Å²) in [5, 5.41) is 3.10. The second-order valence-corrected chi connectivity index (χ2v) is 9.51. The zero-order valence-electron chi connectivity index (χ0n) is 18.4. The van der Waals surface area contributed by atoms with Gasteiger partial charge in [-0.25, -0.2) is 9.97 Å². The number of aromatic nitrogens is 2. The van der Waals surface area contributed by atoms with Crippen LogP contribution in [0.2, 0.25) is 0 Å². The van der Waals surface area contributed by atoms with Gasteiger partial charge in [0, 0.05) is 13.1 Å². The molecule has 1 aliphatic heterocycles. The first kappa shape index (κ1) is 24.6. The van der Waals surface area contributed by atoms with E-state index in [1.807, 2.05) is 0 Å². The van der Waals surface area contributed by atoms with Crippen molar-refractivity contribution in [2.75, 3.05) is 48.5 Å². The van der Waals surface area contributed by atoms with Crippen LogP contribution in [0.15, 0.2) is 30.6 Å². The zero-order chi connectivity index (χ0) is 23.4.